The molecule has 2 rings (SSSR count). The van der Waals surface area contributed by atoms with Crippen molar-refractivity contribution in [1.29, 1.82) is 0 Å². The van der Waals surface area contributed by atoms with Gasteiger partial charge in [-0.25, -0.2) is 4.39 Å². The van der Waals surface area contributed by atoms with Crippen molar-refractivity contribution in [2.75, 3.05) is 25.9 Å². The van der Waals surface area contributed by atoms with Crippen LogP contribution in [0.5, 0.6) is 0 Å². The van der Waals surface area contributed by atoms with Gasteiger partial charge in [-0.05, 0) is 24.6 Å². The van der Waals surface area contributed by atoms with Crippen molar-refractivity contribution in [3.05, 3.63) is 29.6 Å². The molecule has 0 bridgehead atoms. The van der Waals surface area contributed by atoms with E-state index in [4.69, 9.17) is 10.5 Å². The summed E-state index contributed by atoms with van der Waals surface area (Å²) >= 11 is 0. The summed E-state index contributed by atoms with van der Waals surface area (Å²) in [6.45, 7) is 1.24. The molecular formula is C12H15FN2O2. The number of nitrogen functional groups attached to an aromatic ring is 1. The van der Waals surface area contributed by atoms with Gasteiger partial charge in [-0.1, -0.05) is 0 Å². The van der Waals surface area contributed by atoms with Gasteiger partial charge in [-0.3, -0.25) is 4.79 Å². The molecule has 1 heterocycles. The van der Waals surface area contributed by atoms with Crippen LogP contribution in [0.25, 0.3) is 0 Å². The van der Waals surface area contributed by atoms with Gasteiger partial charge in [-0.2, -0.15) is 0 Å². The average molecular weight is 238 g/mol. The zero-order valence-corrected chi connectivity index (χ0v) is 9.65. The van der Waals surface area contributed by atoms with Crippen molar-refractivity contribution in [3.8, 4) is 0 Å². The summed E-state index contributed by atoms with van der Waals surface area (Å²) in [5, 5.41) is 0. The molecule has 1 aliphatic heterocycles. The van der Waals surface area contributed by atoms with Gasteiger partial charge in [0.2, 0.25) is 0 Å². The fraction of sp³-hybridized carbons (Fsp3) is 0.417. The van der Waals surface area contributed by atoms with Gasteiger partial charge in [0.1, 0.15) is 5.82 Å². The molecule has 0 spiro atoms. The quantitative estimate of drug-likeness (QED) is 0.789. The molecule has 1 aliphatic rings. The van der Waals surface area contributed by atoms with Crippen molar-refractivity contribution < 1.29 is 13.9 Å². The molecule has 1 atom stereocenters. The Labute approximate surface area is 99.2 Å². The van der Waals surface area contributed by atoms with Crippen LogP contribution in [0.2, 0.25) is 0 Å². The Hall–Kier alpha value is -1.62. The third kappa shape index (κ3) is 2.39. The minimum Gasteiger partial charge on any atom is -0.396 e. The molecular weight excluding hydrogens is 223 g/mol. The first-order chi connectivity index (χ1) is 8.11. The van der Waals surface area contributed by atoms with Gasteiger partial charge < -0.3 is 15.4 Å². The normalized spacial score (nSPS) is 19.6. The molecule has 17 heavy (non-hydrogen) atoms. The summed E-state index contributed by atoms with van der Waals surface area (Å²) in [7, 11) is 1.63. The van der Waals surface area contributed by atoms with E-state index in [2.05, 4.69) is 0 Å². The smallest absolute Gasteiger partial charge is 0.254 e. The standard InChI is InChI=1S/C12H15FN2O2/c1-17-9-4-5-15(7-9)12(16)8-2-3-10(13)11(14)6-8/h2-3,6,9H,4-5,7,14H2,1H3. The number of nitrogens with two attached hydrogens (primary N) is 1. The van der Waals surface area contributed by atoms with Crippen molar-refractivity contribution in [3.63, 3.8) is 0 Å². The largest absolute Gasteiger partial charge is 0.396 e. The Morgan fingerprint density at radius 2 is 2.35 bits per heavy atom. The van der Waals surface area contributed by atoms with Crippen LogP contribution < -0.4 is 5.73 Å². The highest BCUT2D eigenvalue weighted by Gasteiger charge is 2.26. The van der Waals surface area contributed by atoms with Crippen molar-refractivity contribution in [1.82, 2.24) is 4.90 Å². The van der Waals surface area contributed by atoms with E-state index in [-0.39, 0.29) is 17.7 Å². The molecule has 2 N–H and O–H groups in total. The van der Waals surface area contributed by atoms with Gasteiger partial charge in [0.15, 0.2) is 0 Å². The molecule has 1 saturated heterocycles. The van der Waals surface area contributed by atoms with E-state index in [9.17, 15) is 9.18 Å². The number of carbonyl (C=O) groups is 1. The second-order valence-corrected chi connectivity index (χ2v) is 4.13. The van der Waals surface area contributed by atoms with Gasteiger partial charge in [0, 0.05) is 25.8 Å². The fourth-order valence-electron chi connectivity index (χ4n) is 1.96. The number of carbonyl (C=O) groups excluding carboxylic acids is 1. The molecule has 1 unspecified atom stereocenters. The summed E-state index contributed by atoms with van der Waals surface area (Å²) in [6, 6.07) is 4.04. The first kappa shape index (κ1) is 11.9. The lowest BCUT2D eigenvalue weighted by Crippen LogP contribution is -2.30. The number of nitrogens with zero attached hydrogens (tertiary/aromatic N) is 1. The van der Waals surface area contributed by atoms with Crippen LogP contribution in [0.15, 0.2) is 18.2 Å². The van der Waals surface area contributed by atoms with Crippen LogP contribution >= 0.6 is 0 Å². The molecule has 1 amide bonds. The Balaban J connectivity index is 2.12. The Morgan fingerprint density at radius 1 is 1.59 bits per heavy atom. The van der Waals surface area contributed by atoms with Crippen LogP contribution in [0, 0.1) is 5.82 Å². The van der Waals surface area contributed by atoms with E-state index >= 15 is 0 Å². The summed E-state index contributed by atoms with van der Waals surface area (Å²) < 4.78 is 18.2. The molecule has 4 nitrogen and oxygen atoms in total. The van der Waals surface area contributed by atoms with E-state index in [0.29, 0.717) is 18.7 Å². The monoisotopic (exact) mass is 238 g/mol. The number of halogens is 1. The minimum absolute atomic E-state index is 0.00154. The van der Waals surface area contributed by atoms with Gasteiger partial charge in [-0.15, -0.1) is 0 Å². The van der Waals surface area contributed by atoms with Crippen LogP contribution in [0.4, 0.5) is 10.1 Å². The number of rotatable bonds is 2. The predicted octanol–water partition coefficient (Wildman–Crippen LogP) is 1.27. The number of amides is 1. The van der Waals surface area contributed by atoms with Gasteiger partial charge in [0.05, 0.1) is 11.8 Å². The topological polar surface area (TPSA) is 55.6 Å². The highest BCUT2D eigenvalue weighted by Crippen LogP contribution is 2.18. The van der Waals surface area contributed by atoms with E-state index < -0.39 is 5.82 Å². The van der Waals surface area contributed by atoms with Crippen LogP contribution in [-0.4, -0.2) is 37.1 Å². The van der Waals surface area contributed by atoms with E-state index in [1.165, 1.54) is 18.2 Å². The molecule has 0 aromatic heterocycles. The second-order valence-electron chi connectivity index (χ2n) is 4.13. The second kappa shape index (κ2) is 4.71. The van der Waals surface area contributed by atoms with Gasteiger partial charge in [0.25, 0.3) is 5.91 Å². The summed E-state index contributed by atoms with van der Waals surface area (Å²) in [5.41, 5.74) is 5.86. The van der Waals surface area contributed by atoms with Crippen LogP contribution in [0.1, 0.15) is 16.8 Å². The van der Waals surface area contributed by atoms with Crippen molar-refractivity contribution in [2.24, 2.45) is 0 Å². The lowest BCUT2D eigenvalue weighted by atomic mass is 10.1. The highest BCUT2D eigenvalue weighted by molar-refractivity contribution is 5.95. The first-order valence-electron chi connectivity index (χ1n) is 5.49. The summed E-state index contributed by atoms with van der Waals surface area (Å²) in [6.07, 6.45) is 0.926. The maximum Gasteiger partial charge on any atom is 0.254 e. The van der Waals surface area contributed by atoms with Gasteiger partial charge >= 0.3 is 0 Å². The van der Waals surface area contributed by atoms with Crippen molar-refractivity contribution in [2.45, 2.75) is 12.5 Å². The van der Waals surface area contributed by atoms with E-state index in [1.54, 1.807) is 12.0 Å². The van der Waals surface area contributed by atoms with E-state index in [1.807, 2.05) is 0 Å². The molecule has 1 fully saturated rings. The third-order valence-corrected chi connectivity index (χ3v) is 3.01. The lowest BCUT2D eigenvalue weighted by Gasteiger charge is -2.16. The number of anilines is 1. The van der Waals surface area contributed by atoms with Crippen LogP contribution in [-0.2, 0) is 4.74 Å². The number of likely N-dealkylation sites (tertiary alicyclic amines) is 1. The zero-order chi connectivity index (χ0) is 12.4. The predicted molar refractivity (Wildman–Crippen MR) is 62.1 cm³/mol. The molecule has 0 radical (unpaired) electrons. The Bertz CT molecular complexity index is 437. The highest BCUT2D eigenvalue weighted by atomic mass is 19.1. The Kier molecular flexibility index (Phi) is 3.28. The molecule has 0 aliphatic carbocycles. The fourth-order valence-corrected chi connectivity index (χ4v) is 1.96. The third-order valence-electron chi connectivity index (χ3n) is 3.01. The number of ether oxygens (including phenoxy) is 1. The first-order valence-corrected chi connectivity index (χ1v) is 5.49. The number of hydrogen-bond donors (Lipinski definition) is 1. The molecule has 0 saturated carbocycles. The maximum atomic E-state index is 13.0. The Morgan fingerprint density at radius 3 is 2.94 bits per heavy atom. The maximum absolute atomic E-state index is 13.0. The lowest BCUT2D eigenvalue weighted by molar-refractivity contribution is 0.0724. The number of hydrogen-bond acceptors (Lipinski definition) is 3. The molecule has 5 heteroatoms. The van der Waals surface area contributed by atoms with E-state index in [0.717, 1.165) is 6.42 Å². The zero-order valence-electron chi connectivity index (χ0n) is 9.65. The minimum atomic E-state index is -0.502. The molecule has 1 aromatic carbocycles. The summed E-state index contributed by atoms with van der Waals surface area (Å²) in [5.74, 6) is -0.631. The summed E-state index contributed by atoms with van der Waals surface area (Å²) in [4.78, 5) is 13.8. The SMILES string of the molecule is COC1CCN(C(=O)c2ccc(F)c(N)c2)C1. The van der Waals surface area contributed by atoms with Crippen molar-refractivity contribution >= 4 is 11.6 Å². The molecule has 1 aromatic rings. The molecule has 92 valence electrons. The number of methoxy groups -OCH3 is 1. The van der Waals surface area contributed by atoms with Crippen LogP contribution in [0.3, 0.4) is 0 Å². The average Bonchev–Trinajstić information content (AvgIpc) is 2.80. The number of benzene rings is 1.